The Balaban J connectivity index is 0.00000288. The number of benzene rings is 1. The number of amides is 1. The predicted octanol–water partition coefficient (Wildman–Crippen LogP) is 2.57. The molecule has 0 saturated heterocycles. The monoisotopic (exact) mass is 387 g/mol. The minimum atomic E-state index is -0.0642. The lowest BCUT2D eigenvalue weighted by Gasteiger charge is -2.08. The molecule has 6 nitrogen and oxygen atoms in total. The van der Waals surface area contributed by atoms with Gasteiger partial charge in [-0.3, -0.25) is 4.79 Å². The second-order valence-corrected chi connectivity index (χ2v) is 4.87. The highest BCUT2D eigenvalue weighted by atomic mass is 35.5. The lowest BCUT2D eigenvalue weighted by atomic mass is 10.3. The Labute approximate surface area is 160 Å². The molecule has 2 N–H and O–H groups in total. The molecule has 138 valence electrons. The van der Waals surface area contributed by atoms with Crippen LogP contribution in [0.1, 0.15) is 5.56 Å². The zero-order chi connectivity index (χ0) is 16.3. The molecule has 0 bridgehead atoms. The van der Waals surface area contributed by atoms with Crippen LogP contribution in [0.15, 0.2) is 48.7 Å². The van der Waals surface area contributed by atoms with Gasteiger partial charge in [0, 0.05) is 32.5 Å². The maximum absolute atomic E-state index is 11.6. The number of nitrogens with zero attached hydrogens (tertiary/aromatic N) is 1. The van der Waals surface area contributed by atoms with E-state index in [0.717, 1.165) is 11.3 Å². The number of methoxy groups -OCH3 is 1. The van der Waals surface area contributed by atoms with Crippen molar-refractivity contribution >= 4 is 30.7 Å². The maximum atomic E-state index is 11.6. The van der Waals surface area contributed by atoms with Gasteiger partial charge in [-0.2, -0.15) is 0 Å². The summed E-state index contributed by atoms with van der Waals surface area (Å²) in [5.41, 5.74) is 0.913. The number of nitrogens with one attached hydrogen (secondary N) is 2. The van der Waals surface area contributed by atoms with Crippen LogP contribution in [0.5, 0.6) is 11.6 Å². The lowest BCUT2D eigenvalue weighted by molar-refractivity contribution is -0.120. The smallest absolute Gasteiger partial charge is 0.234 e. The Morgan fingerprint density at radius 3 is 2.52 bits per heavy atom. The summed E-state index contributed by atoms with van der Waals surface area (Å²) in [6, 6.07) is 13.1. The molecule has 0 atom stereocenters. The van der Waals surface area contributed by atoms with Crippen molar-refractivity contribution in [1.29, 1.82) is 0 Å². The molecule has 0 fully saturated rings. The van der Waals surface area contributed by atoms with Gasteiger partial charge in [0.1, 0.15) is 5.75 Å². The van der Waals surface area contributed by atoms with Gasteiger partial charge >= 0.3 is 0 Å². The standard InChI is InChI=1S/C17H21N3O3.2ClH/c1-22-10-9-18-13-16(21)19-11-14-7-8-17(20-12-14)23-15-5-3-2-4-6-15;;/h2-8,12,18H,9-11,13H2,1H3,(H,19,21);2*1H. The largest absolute Gasteiger partial charge is 0.439 e. The van der Waals surface area contributed by atoms with Crippen molar-refractivity contribution < 1.29 is 14.3 Å². The molecule has 0 aliphatic heterocycles. The molecular formula is C17H23Cl2N3O3. The molecule has 8 heteroatoms. The third kappa shape index (κ3) is 9.26. The molecule has 2 aromatic rings. The number of para-hydroxylation sites is 1. The number of pyridine rings is 1. The second kappa shape index (κ2) is 13.4. The molecule has 25 heavy (non-hydrogen) atoms. The number of halogens is 2. The first-order chi connectivity index (χ1) is 11.3. The Bertz CT molecular complexity index is 598. The number of carbonyl (C=O) groups is 1. The van der Waals surface area contributed by atoms with Gasteiger partial charge in [-0.15, -0.1) is 24.8 Å². The zero-order valence-corrected chi connectivity index (χ0v) is 15.6. The molecule has 0 aliphatic carbocycles. The van der Waals surface area contributed by atoms with Gasteiger partial charge in [-0.1, -0.05) is 24.3 Å². The van der Waals surface area contributed by atoms with Gasteiger partial charge < -0.3 is 20.1 Å². The highest BCUT2D eigenvalue weighted by Crippen LogP contribution is 2.18. The van der Waals surface area contributed by atoms with Gasteiger partial charge in [-0.25, -0.2) is 4.98 Å². The summed E-state index contributed by atoms with van der Waals surface area (Å²) in [7, 11) is 1.62. The van der Waals surface area contributed by atoms with E-state index >= 15 is 0 Å². The Kier molecular flexibility index (Phi) is 12.4. The van der Waals surface area contributed by atoms with E-state index in [1.807, 2.05) is 36.4 Å². The molecule has 1 heterocycles. The summed E-state index contributed by atoms with van der Waals surface area (Å²) in [6.07, 6.45) is 1.69. The minimum Gasteiger partial charge on any atom is -0.439 e. The van der Waals surface area contributed by atoms with Crippen LogP contribution in [-0.2, 0) is 16.1 Å². The maximum Gasteiger partial charge on any atom is 0.234 e. The normalized spacial score (nSPS) is 9.48. The fraction of sp³-hybridized carbons (Fsp3) is 0.294. The molecule has 1 aromatic carbocycles. The summed E-state index contributed by atoms with van der Waals surface area (Å²) in [5.74, 6) is 1.20. The van der Waals surface area contributed by atoms with Crippen molar-refractivity contribution in [3.8, 4) is 11.6 Å². The topological polar surface area (TPSA) is 72.5 Å². The van der Waals surface area contributed by atoms with E-state index in [2.05, 4.69) is 15.6 Å². The Morgan fingerprint density at radius 2 is 1.88 bits per heavy atom. The van der Waals surface area contributed by atoms with Crippen LogP contribution in [-0.4, -0.2) is 37.7 Å². The van der Waals surface area contributed by atoms with Crippen LogP contribution < -0.4 is 15.4 Å². The number of hydrogen-bond acceptors (Lipinski definition) is 5. The van der Waals surface area contributed by atoms with E-state index in [0.29, 0.717) is 25.6 Å². The van der Waals surface area contributed by atoms with Crippen molar-refractivity contribution in [3.05, 3.63) is 54.2 Å². The summed E-state index contributed by atoms with van der Waals surface area (Å²) in [5, 5.41) is 5.81. The molecular weight excluding hydrogens is 365 g/mol. The number of hydrogen-bond donors (Lipinski definition) is 2. The quantitative estimate of drug-likeness (QED) is 0.646. The highest BCUT2D eigenvalue weighted by Gasteiger charge is 2.02. The van der Waals surface area contributed by atoms with Crippen molar-refractivity contribution in [2.24, 2.45) is 0 Å². The molecule has 2 rings (SSSR count). The van der Waals surface area contributed by atoms with Crippen LogP contribution >= 0.6 is 24.8 Å². The van der Waals surface area contributed by atoms with E-state index in [1.54, 1.807) is 19.4 Å². The molecule has 0 unspecified atom stereocenters. The first kappa shape index (κ1) is 23.1. The van der Waals surface area contributed by atoms with E-state index < -0.39 is 0 Å². The van der Waals surface area contributed by atoms with Gasteiger partial charge in [0.25, 0.3) is 0 Å². The second-order valence-electron chi connectivity index (χ2n) is 4.87. The zero-order valence-electron chi connectivity index (χ0n) is 13.9. The van der Waals surface area contributed by atoms with Gasteiger partial charge in [0.2, 0.25) is 11.8 Å². The number of ether oxygens (including phenoxy) is 2. The minimum absolute atomic E-state index is 0. The van der Waals surface area contributed by atoms with Crippen LogP contribution in [0.25, 0.3) is 0 Å². The van der Waals surface area contributed by atoms with E-state index in [4.69, 9.17) is 9.47 Å². The van der Waals surface area contributed by atoms with E-state index in [1.165, 1.54) is 0 Å². The summed E-state index contributed by atoms with van der Waals surface area (Å²) in [6.45, 7) is 1.94. The van der Waals surface area contributed by atoms with E-state index in [-0.39, 0.29) is 37.3 Å². The van der Waals surface area contributed by atoms with Crippen LogP contribution in [0.3, 0.4) is 0 Å². The fourth-order valence-electron chi connectivity index (χ4n) is 1.82. The van der Waals surface area contributed by atoms with Crippen LogP contribution in [0.2, 0.25) is 0 Å². The van der Waals surface area contributed by atoms with Crippen LogP contribution in [0.4, 0.5) is 0 Å². The van der Waals surface area contributed by atoms with Crippen LogP contribution in [0, 0.1) is 0 Å². The summed E-state index contributed by atoms with van der Waals surface area (Å²) >= 11 is 0. The highest BCUT2D eigenvalue weighted by molar-refractivity contribution is 5.85. The van der Waals surface area contributed by atoms with Gasteiger partial charge in [0.15, 0.2) is 0 Å². The molecule has 0 spiro atoms. The molecule has 1 aromatic heterocycles. The summed E-state index contributed by atoms with van der Waals surface area (Å²) in [4.78, 5) is 15.9. The Hall–Kier alpha value is -1.86. The molecule has 0 aliphatic rings. The van der Waals surface area contributed by atoms with Gasteiger partial charge in [0.05, 0.1) is 13.2 Å². The number of aromatic nitrogens is 1. The predicted molar refractivity (Wildman–Crippen MR) is 102 cm³/mol. The SMILES string of the molecule is COCCNCC(=O)NCc1ccc(Oc2ccccc2)nc1.Cl.Cl. The van der Waals surface area contributed by atoms with Crippen molar-refractivity contribution in [1.82, 2.24) is 15.6 Å². The number of rotatable bonds is 9. The molecule has 0 saturated carbocycles. The molecule has 1 amide bonds. The van der Waals surface area contributed by atoms with Crippen molar-refractivity contribution in [2.45, 2.75) is 6.54 Å². The lowest BCUT2D eigenvalue weighted by Crippen LogP contribution is -2.34. The third-order valence-corrected chi connectivity index (χ3v) is 3.02. The first-order valence-corrected chi connectivity index (χ1v) is 7.42. The van der Waals surface area contributed by atoms with Crippen molar-refractivity contribution in [2.75, 3.05) is 26.8 Å². The molecule has 0 radical (unpaired) electrons. The van der Waals surface area contributed by atoms with Gasteiger partial charge in [-0.05, 0) is 17.7 Å². The van der Waals surface area contributed by atoms with Crippen molar-refractivity contribution in [3.63, 3.8) is 0 Å². The third-order valence-electron chi connectivity index (χ3n) is 3.02. The first-order valence-electron chi connectivity index (χ1n) is 7.42. The van der Waals surface area contributed by atoms with E-state index in [9.17, 15) is 4.79 Å². The average Bonchev–Trinajstić information content (AvgIpc) is 2.59. The number of carbonyl (C=O) groups excluding carboxylic acids is 1. The summed E-state index contributed by atoms with van der Waals surface area (Å²) < 4.78 is 10.5. The average molecular weight is 388 g/mol. The Morgan fingerprint density at radius 1 is 1.12 bits per heavy atom. The fourth-order valence-corrected chi connectivity index (χ4v) is 1.82.